The molecule has 0 atom stereocenters. The lowest BCUT2D eigenvalue weighted by atomic mass is 9.98. The summed E-state index contributed by atoms with van der Waals surface area (Å²) >= 11 is 0. The lowest BCUT2D eigenvalue weighted by Crippen LogP contribution is -2.22. The molecule has 1 aliphatic heterocycles. The minimum absolute atomic E-state index is 0.0684. The van der Waals surface area contributed by atoms with Crippen molar-refractivity contribution in [3.05, 3.63) is 82.9 Å². The Hall–Kier alpha value is -3.30. The number of hydrogen-bond acceptors (Lipinski definition) is 3. The normalized spacial score (nSPS) is 13.1. The second-order valence-corrected chi connectivity index (χ2v) is 6.45. The van der Waals surface area contributed by atoms with Gasteiger partial charge in [0.15, 0.2) is 0 Å². The van der Waals surface area contributed by atoms with Crippen LogP contribution in [-0.4, -0.2) is 29.0 Å². The zero-order valence-electron chi connectivity index (χ0n) is 15.2. The molecular weight excluding hydrogens is 360 g/mol. The Balaban J connectivity index is 1.95. The van der Waals surface area contributed by atoms with Crippen molar-refractivity contribution >= 4 is 5.71 Å². The van der Waals surface area contributed by atoms with Crippen LogP contribution in [0.3, 0.4) is 0 Å². The van der Waals surface area contributed by atoms with Gasteiger partial charge in [-0.25, -0.2) is 4.98 Å². The molecule has 1 aliphatic rings. The number of aliphatic imine (C=N–C) groups is 1. The van der Waals surface area contributed by atoms with Crippen LogP contribution in [0.2, 0.25) is 0 Å². The topological polar surface area (TPSA) is 39.4 Å². The molecule has 0 bridgehead atoms. The van der Waals surface area contributed by atoms with Gasteiger partial charge < -0.3 is 9.30 Å². The number of ether oxygens (including phenoxy) is 1. The van der Waals surface area contributed by atoms with Crippen LogP contribution >= 0.6 is 0 Å². The predicted molar refractivity (Wildman–Crippen MR) is 103 cm³/mol. The summed E-state index contributed by atoms with van der Waals surface area (Å²) in [7, 11) is 1.24. The van der Waals surface area contributed by atoms with Crippen molar-refractivity contribution in [2.24, 2.45) is 4.99 Å². The second-order valence-electron chi connectivity index (χ2n) is 6.45. The minimum Gasteiger partial charge on any atom is -0.378 e. The fourth-order valence-corrected chi connectivity index (χ4v) is 3.40. The molecule has 0 N–H and O–H groups in total. The molecule has 2 aromatic carbocycles. The van der Waals surface area contributed by atoms with Gasteiger partial charge in [-0.1, -0.05) is 36.3 Å². The molecule has 140 valence electrons. The molecule has 0 saturated heterocycles. The third-order valence-electron chi connectivity index (χ3n) is 4.65. The maximum absolute atomic E-state index is 14.5. The molecule has 0 aliphatic carbocycles. The quantitative estimate of drug-likeness (QED) is 0.646. The summed E-state index contributed by atoms with van der Waals surface area (Å²) in [6, 6.07) is 15.1. The highest BCUT2D eigenvalue weighted by molar-refractivity contribution is 6.15. The Morgan fingerprint density at radius 2 is 2.00 bits per heavy atom. The molecule has 0 fully saturated rings. The highest BCUT2D eigenvalue weighted by Gasteiger charge is 2.38. The maximum atomic E-state index is 14.5. The monoisotopic (exact) mass is 377 g/mol. The number of hydrogen-bond donors (Lipinski definition) is 0. The van der Waals surface area contributed by atoms with E-state index in [9.17, 15) is 8.78 Å². The average Bonchev–Trinajstić information content (AvgIpc) is 3.07. The highest BCUT2D eigenvalue weighted by atomic mass is 19.3. The molecule has 0 spiro atoms. The summed E-state index contributed by atoms with van der Waals surface area (Å²) in [6.45, 7) is -0.673. The van der Waals surface area contributed by atoms with Gasteiger partial charge in [-0.2, -0.15) is 8.78 Å². The van der Waals surface area contributed by atoms with E-state index < -0.39 is 12.5 Å². The van der Waals surface area contributed by atoms with E-state index in [2.05, 4.69) is 20.6 Å². The van der Waals surface area contributed by atoms with Crippen molar-refractivity contribution in [3.8, 4) is 18.0 Å². The molecule has 0 saturated carbocycles. The van der Waals surface area contributed by atoms with Crippen molar-refractivity contribution in [1.29, 1.82) is 0 Å². The Morgan fingerprint density at radius 1 is 1.21 bits per heavy atom. The van der Waals surface area contributed by atoms with Crippen LogP contribution in [-0.2, 0) is 17.2 Å². The molecular formula is C22H17F2N3O. The lowest BCUT2D eigenvalue weighted by molar-refractivity contribution is -0.0734. The van der Waals surface area contributed by atoms with Crippen molar-refractivity contribution < 1.29 is 13.5 Å². The number of aromatic nitrogens is 2. The second kappa shape index (κ2) is 7.02. The zero-order valence-corrected chi connectivity index (χ0v) is 15.2. The first-order valence-corrected chi connectivity index (χ1v) is 8.70. The van der Waals surface area contributed by atoms with Gasteiger partial charge in [-0.05, 0) is 18.2 Å². The van der Waals surface area contributed by atoms with E-state index in [-0.39, 0.29) is 12.2 Å². The van der Waals surface area contributed by atoms with E-state index in [1.165, 1.54) is 13.4 Å². The molecule has 0 radical (unpaired) electrons. The number of fused-ring (bicyclic) bond motifs is 3. The van der Waals surface area contributed by atoms with Crippen LogP contribution < -0.4 is 0 Å². The summed E-state index contributed by atoms with van der Waals surface area (Å²) in [5.41, 5.74) is 3.79. The van der Waals surface area contributed by atoms with Crippen molar-refractivity contribution in [3.63, 3.8) is 0 Å². The van der Waals surface area contributed by atoms with Crippen LogP contribution in [0.4, 0.5) is 8.78 Å². The number of methoxy groups -OCH3 is 1. The van der Waals surface area contributed by atoms with E-state index in [0.29, 0.717) is 22.7 Å². The number of imidazole rings is 1. The maximum Gasteiger partial charge on any atom is 0.314 e. The molecule has 28 heavy (non-hydrogen) atoms. The standard InChI is InChI=1S/C22H17F2N3O/c1-3-15-9-10-18-17(11-15)20(16-7-5-4-6-8-16)25-12-19-21(26-14-27(18)19)22(23,24)13-28-2/h1,4-11,14H,12-13H2,2H3. The molecule has 1 aromatic heterocycles. The van der Waals surface area contributed by atoms with Gasteiger partial charge in [0.25, 0.3) is 0 Å². The van der Waals surface area contributed by atoms with Gasteiger partial charge in [-0.3, -0.25) is 4.99 Å². The lowest BCUT2D eigenvalue weighted by Gasteiger charge is -2.15. The summed E-state index contributed by atoms with van der Waals surface area (Å²) < 4.78 is 35.4. The molecule has 6 heteroatoms. The zero-order chi connectivity index (χ0) is 19.7. The van der Waals surface area contributed by atoms with Crippen LogP contribution in [0.15, 0.2) is 59.9 Å². The molecule has 4 nitrogen and oxygen atoms in total. The average molecular weight is 377 g/mol. The van der Waals surface area contributed by atoms with E-state index in [0.717, 1.165) is 11.1 Å². The Labute approximate surface area is 161 Å². The van der Waals surface area contributed by atoms with Gasteiger partial charge in [0.05, 0.1) is 23.6 Å². The summed E-state index contributed by atoms with van der Waals surface area (Å²) in [4.78, 5) is 8.66. The molecule has 2 heterocycles. The highest BCUT2D eigenvalue weighted by Crippen LogP contribution is 2.34. The van der Waals surface area contributed by atoms with E-state index >= 15 is 0 Å². The number of terminal acetylenes is 1. The van der Waals surface area contributed by atoms with Gasteiger partial charge in [0, 0.05) is 23.8 Å². The molecule has 3 aromatic rings. The van der Waals surface area contributed by atoms with Gasteiger partial charge in [0.1, 0.15) is 18.6 Å². The number of nitrogens with zero attached hydrogens (tertiary/aromatic N) is 3. The molecule has 4 rings (SSSR count). The molecule has 0 unspecified atom stereocenters. The Bertz CT molecular complexity index is 1090. The third kappa shape index (κ3) is 3.00. The number of benzene rings is 2. The van der Waals surface area contributed by atoms with E-state index in [1.807, 2.05) is 42.5 Å². The minimum atomic E-state index is -3.21. The number of halogens is 2. The smallest absolute Gasteiger partial charge is 0.314 e. The van der Waals surface area contributed by atoms with Crippen LogP contribution in [0.25, 0.3) is 5.69 Å². The largest absolute Gasteiger partial charge is 0.378 e. The van der Waals surface area contributed by atoms with E-state index in [4.69, 9.17) is 6.42 Å². The van der Waals surface area contributed by atoms with E-state index in [1.54, 1.807) is 10.6 Å². The number of rotatable bonds is 4. The predicted octanol–water partition coefficient (Wildman–Crippen LogP) is 3.94. The first-order valence-electron chi connectivity index (χ1n) is 8.70. The van der Waals surface area contributed by atoms with Crippen molar-refractivity contribution in [1.82, 2.24) is 9.55 Å². The van der Waals surface area contributed by atoms with Gasteiger partial charge >= 0.3 is 5.92 Å². The first-order chi connectivity index (χ1) is 13.5. The number of alkyl halides is 2. The third-order valence-corrected chi connectivity index (χ3v) is 4.65. The van der Waals surface area contributed by atoms with Crippen LogP contribution in [0.1, 0.15) is 28.1 Å². The Morgan fingerprint density at radius 3 is 2.71 bits per heavy atom. The van der Waals surface area contributed by atoms with Crippen molar-refractivity contribution in [2.75, 3.05) is 13.7 Å². The van der Waals surface area contributed by atoms with Crippen LogP contribution in [0.5, 0.6) is 0 Å². The Kier molecular flexibility index (Phi) is 4.54. The van der Waals surface area contributed by atoms with Crippen molar-refractivity contribution in [2.45, 2.75) is 12.5 Å². The summed E-state index contributed by atoms with van der Waals surface area (Å²) in [5, 5.41) is 0. The fraction of sp³-hybridized carbons (Fsp3) is 0.182. The molecule has 0 amide bonds. The summed E-state index contributed by atoms with van der Waals surface area (Å²) in [6.07, 6.45) is 6.98. The van der Waals surface area contributed by atoms with Gasteiger partial charge in [-0.15, -0.1) is 6.42 Å². The van der Waals surface area contributed by atoms with Gasteiger partial charge in [0.2, 0.25) is 0 Å². The first kappa shape index (κ1) is 18.1. The summed E-state index contributed by atoms with van der Waals surface area (Å²) in [5.74, 6) is -0.584. The SMILES string of the molecule is C#Cc1ccc2c(c1)C(c1ccccc1)=NCc1c(C(F)(F)COC)ncn1-2. The van der Waals surface area contributed by atoms with Crippen LogP contribution in [0, 0.1) is 12.3 Å². The fourth-order valence-electron chi connectivity index (χ4n) is 3.40.